The number of hydrogen-bond donors (Lipinski definition) is 0. The average Bonchev–Trinajstić information content (AvgIpc) is 2.26. The summed E-state index contributed by atoms with van der Waals surface area (Å²) in [6.07, 6.45) is 6.24. The number of carbonyl (C=O) groups is 1. The van der Waals surface area contributed by atoms with Gasteiger partial charge in [-0.2, -0.15) is 0 Å². The lowest BCUT2D eigenvalue weighted by Gasteiger charge is -2.51. The minimum atomic E-state index is -0.222. The van der Waals surface area contributed by atoms with Gasteiger partial charge in [-0.3, -0.25) is 9.79 Å². The summed E-state index contributed by atoms with van der Waals surface area (Å²) in [5, 5.41) is 0. The van der Waals surface area contributed by atoms with Crippen LogP contribution in [-0.2, 0) is 4.79 Å². The lowest BCUT2D eigenvalue weighted by Crippen LogP contribution is -2.62. The van der Waals surface area contributed by atoms with Crippen LogP contribution in [0.4, 0.5) is 0 Å². The molecule has 0 bridgehead atoms. The van der Waals surface area contributed by atoms with Crippen molar-refractivity contribution in [3.8, 4) is 0 Å². The van der Waals surface area contributed by atoms with E-state index < -0.39 is 0 Å². The summed E-state index contributed by atoms with van der Waals surface area (Å²) in [7, 11) is 0. The highest BCUT2D eigenvalue weighted by Crippen LogP contribution is 2.51. The fourth-order valence-electron chi connectivity index (χ4n) is 2.71. The van der Waals surface area contributed by atoms with E-state index in [1.165, 1.54) is 32.1 Å². The van der Waals surface area contributed by atoms with Crippen LogP contribution in [-0.4, -0.2) is 17.5 Å². The Hall–Kier alpha value is -0.660. The number of hydrogen-bond acceptors (Lipinski definition) is 2. The fraction of sp³-hybridized carbons (Fsp3) is 0.857. The highest BCUT2D eigenvalue weighted by molar-refractivity contribution is 6.50. The maximum absolute atomic E-state index is 12.0. The van der Waals surface area contributed by atoms with E-state index in [9.17, 15) is 4.79 Å². The maximum atomic E-state index is 12.0. The summed E-state index contributed by atoms with van der Waals surface area (Å²) in [6, 6.07) is 0.420. The first kappa shape index (κ1) is 11.8. The van der Waals surface area contributed by atoms with Crippen molar-refractivity contribution in [1.29, 1.82) is 0 Å². The Labute approximate surface area is 98.5 Å². The molecule has 2 aliphatic rings. The molecule has 0 N–H and O–H groups in total. The van der Waals surface area contributed by atoms with E-state index in [0.717, 1.165) is 5.71 Å². The molecule has 0 amide bonds. The van der Waals surface area contributed by atoms with Crippen molar-refractivity contribution < 1.29 is 4.79 Å². The third-order valence-electron chi connectivity index (χ3n) is 4.82. The van der Waals surface area contributed by atoms with Crippen molar-refractivity contribution in [2.45, 2.75) is 65.8 Å². The number of ketones is 1. The number of carbonyl (C=O) groups excluding carboxylic acids is 1. The first-order valence-corrected chi connectivity index (χ1v) is 6.50. The minimum absolute atomic E-state index is 0.0401. The Bertz CT molecular complexity index is 333. The summed E-state index contributed by atoms with van der Waals surface area (Å²) in [4.78, 5) is 16.8. The van der Waals surface area contributed by atoms with E-state index in [1.807, 2.05) is 13.8 Å². The molecule has 0 aromatic heterocycles. The molecule has 0 saturated heterocycles. The van der Waals surface area contributed by atoms with Gasteiger partial charge in [0, 0.05) is 10.8 Å². The molecular formula is C14H23NO. The molecular weight excluding hydrogens is 198 g/mol. The molecule has 2 saturated carbocycles. The van der Waals surface area contributed by atoms with E-state index in [1.54, 1.807) is 0 Å². The quantitative estimate of drug-likeness (QED) is 0.667. The van der Waals surface area contributed by atoms with Gasteiger partial charge in [-0.05, 0) is 12.8 Å². The highest BCUT2D eigenvalue weighted by atomic mass is 16.1. The Morgan fingerprint density at radius 3 is 2.06 bits per heavy atom. The van der Waals surface area contributed by atoms with Crippen LogP contribution in [0.5, 0.6) is 0 Å². The van der Waals surface area contributed by atoms with Crippen LogP contribution in [0.2, 0.25) is 0 Å². The van der Waals surface area contributed by atoms with Crippen LogP contribution < -0.4 is 0 Å². The van der Waals surface area contributed by atoms with Crippen molar-refractivity contribution in [2.24, 2.45) is 15.8 Å². The van der Waals surface area contributed by atoms with Crippen LogP contribution in [0.3, 0.4) is 0 Å². The third-order valence-corrected chi connectivity index (χ3v) is 4.82. The van der Waals surface area contributed by atoms with Crippen molar-refractivity contribution in [3.05, 3.63) is 0 Å². The van der Waals surface area contributed by atoms with Gasteiger partial charge in [0.15, 0.2) is 5.78 Å². The fourth-order valence-corrected chi connectivity index (χ4v) is 2.71. The molecule has 2 heteroatoms. The second kappa shape index (κ2) is 3.68. The zero-order valence-electron chi connectivity index (χ0n) is 11.0. The van der Waals surface area contributed by atoms with Gasteiger partial charge in [-0.15, -0.1) is 0 Å². The molecule has 2 fully saturated rings. The molecule has 2 rings (SSSR count). The topological polar surface area (TPSA) is 29.4 Å². The molecule has 16 heavy (non-hydrogen) atoms. The van der Waals surface area contributed by atoms with Crippen LogP contribution in [0.1, 0.15) is 59.8 Å². The van der Waals surface area contributed by atoms with E-state index >= 15 is 0 Å². The molecule has 2 aliphatic carbocycles. The third kappa shape index (κ3) is 1.54. The molecule has 0 unspecified atom stereocenters. The van der Waals surface area contributed by atoms with Gasteiger partial charge in [0.05, 0.1) is 11.8 Å². The highest BCUT2D eigenvalue weighted by Gasteiger charge is 2.59. The Balaban J connectivity index is 2.16. The van der Waals surface area contributed by atoms with E-state index in [0.29, 0.717) is 6.04 Å². The smallest absolute Gasteiger partial charge is 0.183 e. The largest absolute Gasteiger partial charge is 0.292 e. The van der Waals surface area contributed by atoms with Gasteiger partial charge < -0.3 is 0 Å². The SMILES string of the molecule is CC1(C)C(=O)C(=NC2CCCCC2)C1(C)C. The van der Waals surface area contributed by atoms with Gasteiger partial charge in [-0.25, -0.2) is 0 Å². The van der Waals surface area contributed by atoms with Crippen LogP contribution in [0, 0.1) is 10.8 Å². The van der Waals surface area contributed by atoms with Crippen molar-refractivity contribution >= 4 is 11.5 Å². The molecule has 90 valence electrons. The van der Waals surface area contributed by atoms with Gasteiger partial charge >= 0.3 is 0 Å². The zero-order chi connectivity index (χ0) is 12.0. The summed E-state index contributed by atoms with van der Waals surface area (Å²) < 4.78 is 0. The van der Waals surface area contributed by atoms with E-state index in [2.05, 4.69) is 13.8 Å². The summed E-state index contributed by atoms with van der Waals surface area (Å²) in [5.41, 5.74) is 0.589. The van der Waals surface area contributed by atoms with Crippen LogP contribution in [0.15, 0.2) is 4.99 Å². The predicted molar refractivity (Wildman–Crippen MR) is 66.9 cm³/mol. The standard InChI is InChI=1S/C14H23NO/c1-13(2)11(12(16)14(13,3)4)15-10-8-6-5-7-9-10/h10H,5-9H2,1-4H3. The van der Waals surface area contributed by atoms with Gasteiger partial charge in [0.1, 0.15) is 0 Å². The number of nitrogens with zero attached hydrogens (tertiary/aromatic N) is 1. The molecule has 0 aromatic rings. The Morgan fingerprint density at radius 2 is 1.56 bits per heavy atom. The summed E-state index contributed by atoms with van der Waals surface area (Å²) in [5.74, 6) is 0.267. The Kier molecular flexibility index (Phi) is 2.72. The Morgan fingerprint density at radius 1 is 1.00 bits per heavy atom. The monoisotopic (exact) mass is 221 g/mol. The molecule has 0 aliphatic heterocycles. The molecule has 0 aromatic carbocycles. The number of Topliss-reactive ketones (excluding diaryl/α,β-unsaturated/α-hetero) is 1. The lowest BCUT2D eigenvalue weighted by molar-refractivity contribution is -0.130. The zero-order valence-corrected chi connectivity index (χ0v) is 11.0. The van der Waals surface area contributed by atoms with Gasteiger partial charge in [-0.1, -0.05) is 47.0 Å². The first-order valence-electron chi connectivity index (χ1n) is 6.50. The van der Waals surface area contributed by atoms with Gasteiger partial charge in [0.25, 0.3) is 0 Å². The molecule has 0 heterocycles. The second-order valence-electron chi connectivity index (χ2n) is 6.35. The summed E-state index contributed by atoms with van der Waals surface area (Å²) >= 11 is 0. The van der Waals surface area contributed by atoms with E-state index in [4.69, 9.17) is 4.99 Å². The number of aliphatic imine (C=N–C) groups is 1. The molecule has 0 atom stereocenters. The van der Waals surface area contributed by atoms with Crippen molar-refractivity contribution in [1.82, 2.24) is 0 Å². The van der Waals surface area contributed by atoms with Crippen LogP contribution in [0.25, 0.3) is 0 Å². The predicted octanol–water partition coefficient (Wildman–Crippen LogP) is 3.40. The maximum Gasteiger partial charge on any atom is 0.183 e. The minimum Gasteiger partial charge on any atom is -0.292 e. The lowest BCUT2D eigenvalue weighted by atomic mass is 9.50. The second-order valence-corrected chi connectivity index (χ2v) is 6.35. The summed E-state index contributed by atoms with van der Waals surface area (Å²) in [6.45, 7) is 8.37. The molecule has 2 nitrogen and oxygen atoms in total. The average molecular weight is 221 g/mol. The van der Waals surface area contributed by atoms with Crippen molar-refractivity contribution in [2.75, 3.05) is 0 Å². The van der Waals surface area contributed by atoms with Crippen molar-refractivity contribution in [3.63, 3.8) is 0 Å². The normalized spacial score (nSPS) is 31.5. The molecule has 0 radical (unpaired) electrons. The van der Waals surface area contributed by atoms with E-state index in [-0.39, 0.29) is 16.6 Å². The first-order chi connectivity index (χ1) is 7.37. The van der Waals surface area contributed by atoms with Crippen LogP contribution >= 0.6 is 0 Å². The van der Waals surface area contributed by atoms with Gasteiger partial charge in [0.2, 0.25) is 0 Å². The number of rotatable bonds is 1. The molecule has 0 spiro atoms.